The van der Waals surface area contributed by atoms with Gasteiger partial charge in [0.1, 0.15) is 0 Å². The highest BCUT2D eigenvalue weighted by Crippen LogP contribution is 2.22. The van der Waals surface area contributed by atoms with Crippen molar-refractivity contribution in [2.45, 2.75) is 25.7 Å². The molecule has 2 aromatic heterocycles. The maximum Gasteiger partial charge on any atom is 0.247 e. The molecule has 1 aliphatic heterocycles. The van der Waals surface area contributed by atoms with Crippen LogP contribution in [0, 0.1) is 0 Å². The highest BCUT2D eigenvalue weighted by Gasteiger charge is 2.13. The summed E-state index contributed by atoms with van der Waals surface area (Å²) in [5.74, 6) is 0.805. The van der Waals surface area contributed by atoms with E-state index in [9.17, 15) is 4.79 Å². The molecular weight excluding hydrogens is 342 g/mol. The molecule has 0 radical (unpaired) electrons. The van der Waals surface area contributed by atoms with E-state index in [0.717, 1.165) is 24.3 Å². The second-order valence-corrected chi connectivity index (χ2v) is 6.53. The smallest absolute Gasteiger partial charge is 0.247 e. The van der Waals surface area contributed by atoms with Crippen molar-refractivity contribution < 1.29 is 9.21 Å². The van der Waals surface area contributed by atoms with Crippen molar-refractivity contribution in [2.24, 2.45) is 0 Å². The molecule has 7 nitrogen and oxygen atoms in total. The van der Waals surface area contributed by atoms with Crippen molar-refractivity contribution in [3.63, 3.8) is 0 Å². The SMILES string of the molecule is O=C(CCc1nnc(-c2ccncc2)o1)Nc1ccc(N2CCCC2)cc1. The molecule has 1 aliphatic rings. The number of anilines is 2. The number of hydrogen-bond acceptors (Lipinski definition) is 6. The third-order valence-corrected chi connectivity index (χ3v) is 4.58. The summed E-state index contributed by atoms with van der Waals surface area (Å²) in [6.07, 6.45) is 6.51. The standard InChI is InChI=1S/C20H21N5O2/c26-18(22-16-3-5-17(6-4-16)25-13-1-2-14-25)7-8-19-23-24-20(27-19)15-9-11-21-12-10-15/h3-6,9-12H,1-2,7-8,13-14H2,(H,22,26). The normalized spacial score (nSPS) is 13.7. The monoisotopic (exact) mass is 363 g/mol. The van der Waals surface area contributed by atoms with E-state index < -0.39 is 0 Å². The first-order valence-electron chi connectivity index (χ1n) is 9.15. The Morgan fingerprint density at radius 1 is 1.04 bits per heavy atom. The van der Waals surface area contributed by atoms with E-state index in [2.05, 4.69) is 37.5 Å². The van der Waals surface area contributed by atoms with Crippen molar-refractivity contribution in [2.75, 3.05) is 23.3 Å². The van der Waals surface area contributed by atoms with Crippen LogP contribution in [0.15, 0.2) is 53.2 Å². The van der Waals surface area contributed by atoms with Gasteiger partial charge in [0, 0.05) is 55.3 Å². The molecule has 3 heterocycles. The van der Waals surface area contributed by atoms with Gasteiger partial charge in [0.2, 0.25) is 17.7 Å². The van der Waals surface area contributed by atoms with E-state index in [0.29, 0.717) is 18.2 Å². The van der Waals surface area contributed by atoms with E-state index >= 15 is 0 Å². The number of aromatic nitrogens is 3. The fraction of sp³-hybridized carbons (Fsp3) is 0.300. The molecule has 7 heteroatoms. The predicted octanol–water partition coefficient (Wildman–Crippen LogP) is 3.30. The number of carbonyl (C=O) groups excluding carboxylic acids is 1. The molecule has 138 valence electrons. The first kappa shape index (κ1) is 17.2. The van der Waals surface area contributed by atoms with Crippen LogP contribution in [-0.2, 0) is 11.2 Å². The third kappa shape index (κ3) is 4.31. The molecule has 1 amide bonds. The summed E-state index contributed by atoms with van der Waals surface area (Å²) >= 11 is 0. The van der Waals surface area contributed by atoms with Gasteiger partial charge in [-0.05, 0) is 49.2 Å². The molecule has 0 bridgehead atoms. The molecule has 0 saturated carbocycles. The maximum absolute atomic E-state index is 12.2. The minimum absolute atomic E-state index is 0.0763. The molecule has 4 rings (SSSR count). The van der Waals surface area contributed by atoms with Crippen molar-refractivity contribution in [3.8, 4) is 11.5 Å². The van der Waals surface area contributed by atoms with Gasteiger partial charge in [-0.3, -0.25) is 9.78 Å². The highest BCUT2D eigenvalue weighted by molar-refractivity contribution is 5.90. The van der Waals surface area contributed by atoms with E-state index in [-0.39, 0.29) is 12.3 Å². The fourth-order valence-corrected chi connectivity index (χ4v) is 3.14. The van der Waals surface area contributed by atoms with E-state index in [1.54, 1.807) is 24.5 Å². The lowest BCUT2D eigenvalue weighted by atomic mass is 10.2. The van der Waals surface area contributed by atoms with Gasteiger partial charge in [0.05, 0.1) is 0 Å². The Kier molecular flexibility index (Phi) is 5.09. The van der Waals surface area contributed by atoms with Crippen molar-refractivity contribution >= 4 is 17.3 Å². The average Bonchev–Trinajstić information content (AvgIpc) is 3.40. The number of rotatable bonds is 6. The molecule has 1 aromatic carbocycles. The van der Waals surface area contributed by atoms with E-state index in [1.807, 2.05) is 12.1 Å². The highest BCUT2D eigenvalue weighted by atomic mass is 16.4. The van der Waals surface area contributed by atoms with Crippen molar-refractivity contribution in [1.82, 2.24) is 15.2 Å². The zero-order valence-corrected chi connectivity index (χ0v) is 15.0. The summed E-state index contributed by atoms with van der Waals surface area (Å²) in [7, 11) is 0. The summed E-state index contributed by atoms with van der Waals surface area (Å²) in [6, 6.07) is 11.6. The molecule has 3 aromatic rings. The molecule has 1 N–H and O–H groups in total. The van der Waals surface area contributed by atoms with E-state index in [4.69, 9.17) is 4.42 Å². The summed E-state index contributed by atoms with van der Waals surface area (Å²) in [5.41, 5.74) is 2.82. The summed E-state index contributed by atoms with van der Waals surface area (Å²) < 4.78 is 5.61. The quantitative estimate of drug-likeness (QED) is 0.723. The Morgan fingerprint density at radius 2 is 1.78 bits per heavy atom. The number of pyridine rings is 1. The first-order valence-corrected chi connectivity index (χ1v) is 9.15. The second kappa shape index (κ2) is 7.99. The molecule has 1 fully saturated rings. The zero-order valence-electron chi connectivity index (χ0n) is 15.0. The van der Waals surface area contributed by atoms with Crippen LogP contribution in [0.3, 0.4) is 0 Å². The Bertz CT molecular complexity index is 886. The molecule has 0 atom stereocenters. The average molecular weight is 363 g/mol. The number of carbonyl (C=O) groups is 1. The zero-order chi connectivity index (χ0) is 18.5. The Balaban J connectivity index is 1.29. The molecule has 0 unspecified atom stereocenters. The topological polar surface area (TPSA) is 84.1 Å². The molecule has 1 saturated heterocycles. The van der Waals surface area contributed by atoms with Gasteiger partial charge < -0.3 is 14.6 Å². The van der Waals surface area contributed by atoms with E-state index in [1.165, 1.54) is 18.5 Å². The van der Waals surface area contributed by atoms with Gasteiger partial charge in [-0.25, -0.2) is 0 Å². The van der Waals surface area contributed by atoms with Crippen LogP contribution in [0.25, 0.3) is 11.5 Å². The second-order valence-electron chi connectivity index (χ2n) is 6.53. The number of nitrogens with zero attached hydrogens (tertiary/aromatic N) is 4. The Morgan fingerprint density at radius 3 is 2.52 bits per heavy atom. The Labute approximate surface area is 157 Å². The summed E-state index contributed by atoms with van der Waals surface area (Å²) in [4.78, 5) is 18.5. The van der Waals surface area contributed by atoms with Crippen LogP contribution >= 0.6 is 0 Å². The predicted molar refractivity (Wildman–Crippen MR) is 102 cm³/mol. The van der Waals surface area contributed by atoms with Gasteiger partial charge in [-0.2, -0.15) is 0 Å². The van der Waals surface area contributed by atoms with Gasteiger partial charge in [-0.1, -0.05) is 0 Å². The minimum atomic E-state index is -0.0763. The lowest BCUT2D eigenvalue weighted by Gasteiger charge is -2.17. The number of aryl methyl sites for hydroxylation is 1. The third-order valence-electron chi connectivity index (χ3n) is 4.58. The summed E-state index contributed by atoms with van der Waals surface area (Å²) in [6.45, 7) is 2.22. The number of nitrogens with one attached hydrogen (secondary N) is 1. The van der Waals surface area contributed by atoms with Crippen LogP contribution in [-0.4, -0.2) is 34.2 Å². The lowest BCUT2D eigenvalue weighted by molar-refractivity contribution is -0.116. The van der Waals surface area contributed by atoms with Gasteiger partial charge in [0.15, 0.2) is 0 Å². The van der Waals surface area contributed by atoms with Crippen LogP contribution in [0.4, 0.5) is 11.4 Å². The molecule has 27 heavy (non-hydrogen) atoms. The number of amides is 1. The van der Waals surface area contributed by atoms with Crippen LogP contribution in [0.2, 0.25) is 0 Å². The molecular formula is C20H21N5O2. The first-order chi connectivity index (χ1) is 13.3. The van der Waals surface area contributed by atoms with Gasteiger partial charge >= 0.3 is 0 Å². The minimum Gasteiger partial charge on any atom is -0.421 e. The van der Waals surface area contributed by atoms with Crippen LogP contribution < -0.4 is 10.2 Å². The largest absolute Gasteiger partial charge is 0.421 e. The van der Waals surface area contributed by atoms with Crippen molar-refractivity contribution in [3.05, 3.63) is 54.7 Å². The van der Waals surface area contributed by atoms with Crippen LogP contribution in [0.5, 0.6) is 0 Å². The lowest BCUT2D eigenvalue weighted by Crippen LogP contribution is -2.17. The van der Waals surface area contributed by atoms with Crippen LogP contribution in [0.1, 0.15) is 25.2 Å². The van der Waals surface area contributed by atoms with Gasteiger partial charge in [-0.15, -0.1) is 10.2 Å². The van der Waals surface area contributed by atoms with Gasteiger partial charge in [0.25, 0.3) is 0 Å². The Hall–Kier alpha value is -3.22. The number of hydrogen-bond donors (Lipinski definition) is 1. The van der Waals surface area contributed by atoms with Crippen molar-refractivity contribution in [1.29, 1.82) is 0 Å². The molecule has 0 spiro atoms. The summed E-state index contributed by atoms with van der Waals surface area (Å²) in [5, 5.41) is 10.9. The number of benzene rings is 1. The maximum atomic E-state index is 12.2. The molecule has 0 aliphatic carbocycles. The fourth-order valence-electron chi connectivity index (χ4n) is 3.14.